The van der Waals surface area contributed by atoms with E-state index in [4.69, 9.17) is 0 Å². The van der Waals surface area contributed by atoms with Crippen LogP contribution in [0.1, 0.15) is 34.7 Å². The van der Waals surface area contributed by atoms with Gasteiger partial charge in [-0.25, -0.2) is 18.2 Å². The highest BCUT2D eigenvalue weighted by Crippen LogP contribution is 2.16. The first-order valence-electron chi connectivity index (χ1n) is 9.26. The van der Waals surface area contributed by atoms with Gasteiger partial charge in [-0.3, -0.25) is 9.59 Å². The largest absolute Gasteiger partial charge is 0.335 e. The molecule has 0 saturated carbocycles. The summed E-state index contributed by atoms with van der Waals surface area (Å²) in [5, 5.41) is 2.35. The SMILES string of the molecule is CC.CN1CCN(C(=O)c2cccc(NC(=O)c3cc(F)c(F)c(F)c3)n2)CC1. The number of benzene rings is 1. The van der Waals surface area contributed by atoms with Crippen molar-refractivity contribution in [3.63, 3.8) is 0 Å². The Kier molecular flexibility index (Phi) is 7.72. The lowest BCUT2D eigenvalue weighted by molar-refractivity contribution is 0.0658. The van der Waals surface area contributed by atoms with Gasteiger partial charge in [-0.2, -0.15) is 0 Å². The average Bonchev–Trinajstić information content (AvgIpc) is 2.73. The summed E-state index contributed by atoms with van der Waals surface area (Å²) in [7, 11) is 1.97. The zero-order valence-electron chi connectivity index (χ0n) is 16.5. The van der Waals surface area contributed by atoms with E-state index in [-0.39, 0.29) is 17.4 Å². The molecule has 6 nitrogen and oxygen atoms in total. The lowest BCUT2D eigenvalue weighted by atomic mass is 10.2. The molecule has 156 valence electrons. The molecule has 1 aliphatic heterocycles. The number of nitrogens with zero attached hydrogens (tertiary/aromatic N) is 3. The zero-order valence-corrected chi connectivity index (χ0v) is 16.5. The molecule has 0 spiro atoms. The third-order valence-electron chi connectivity index (χ3n) is 4.25. The summed E-state index contributed by atoms with van der Waals surface area (Å²) >= 11 is 0. The van der Waals surface area contributed by atoms with Crippen molar-refractivity contribution in [2.24, 2.45) is 0 Å². The lowest BCUT2D eigenvalue weighted by Crippen LogP contribution is -2.47. The standard InChI is InChI=1S/C18H17F3N4O2.C2H6/c1-24-5-7-25(8-6-24)18(27)14-3-2-4-15(22-14)23-17(26)11-9-12(19)16(21)13(20)10-11;1-2/h2-4,9-10H,5-8H2,1H3,(H,22,23,26);1-2H3. The number of amides is 2. The number of hydrogen-bond acceptors (Lipinski definition) is 4. The molecule has 1 aliphatic rings. The van der Waals surface area contributed by atoms with Crippen LogP contribution >= 0.6 is 0 Å². The number of pyridine rings is 1. The van der Waals surface area contributed by atoms with Gasteiger partial charge >= 0.3 is 0 Å². The number of halogens is 3. The minimum atomic E-state index is -1.65. The molecule has 0 atom stereocenters. The van der Waals surface area contributed by atoms with Crippen molar-refractivity contribution in [1.82, 2.24) is 14.8 Å². The molecular formula is C20H23F3N4O2. The number of hydrogen-bond donors (Lipinski definition) is 1. The van der Waals surface area contributed by atoms with Crippen LogP contribution in [0.3, 0.4) is 0 Å². The third kappa shape index (κ3) is 5.54. The Morgan fingerprint density at radius 3 is 2.17 bits per heavy atom. The van der Waals surface area contributed by atoms with Crippen molar-refractivity contribution in [1.29, 1.82) is 0 Å². The van der Waals surface area contributed by atoms with Crippen LogP contribution in [0.15, 0.2) is 30.3 Å². The summed E-state index contributed by atoms with van der Waals surface area (Å²) in [6.07, 6.45) is 0. The molecule has 1 N–H and O–H groups in total. The van der Waals surface area contributed by atoms with Gasteiger partial charge in [0.25, 0.3) is 11.8 Å². The summed E-state index contributed by atoms with van der Waals surface area (Å²) in [6.45, 7) is 6.65. The van der Waals surface area contributed by atoms with Crippen LogP contribution in [-0.2, 0) is 0 Å². The molecular weight excluding hydrogens is 385 g/mol. The summed E-state index contributed by atoms with van der Waals surface area (Å²) in [4.78, 5) is 32.5. The van der Waals surface area contributed by atoms with E-state index in [1.165, 1.54) is 18.2 Å². The van der Waals surface area contributed by atoms with Crippen molar-refractivity contribution in [2.45, 2.75) is 13.8 Å². The van der Waals surface area contributed by atoms with Crippen molar-refractivity contribution < 1.29 is 22.8 Å². The van der Waals surface area contributed by atoms with Gasteiger partial charge in [0.2, 0.25) is 0 Å². The summed E-state index contributed by atoms with van der Waals surface area (Å²) in [6, 6.07) is 5.68. The zero-order chi connectivity index (χ0) is 21.6. The minimum Gasteiger partial charge on any atom is -0.335 e. The molecule has 2 aromatic rings. The van der Waals surface area contributed by atoms with E-state index in [0.29, 0.717) is 25.2 Å². The quantitative estimate of drug-likeness (QED) is 0.793. The number of anilines is 1. The lowest BCUT2D eigenvalue weighted by Gasteiger charge is -2.32. The number of rotatable bonds is 3. The highest BCUT2D eigenvalue weighted by Gasteiger charge is 2.22. The fraction of sp³-hybridized carbons (Fsp3) is 0.350. The van der Waals surface area contributed by atoms with Gasteiger partial charge in [-0.1, -0.05) is 19.9 Å². The average molecular weight is 408 g/mol. The highest BCUT2D eigenvalue weighted by atomic mass is 19.2. The first-order valence-corrected chi connectivity index (χ1v) is 9.26. The van der Waals surface area contributed by atoms with Crippen LogP contribution in [0, 0.1) is 17.5 Å². The van der Waals surface area contributed by atoms with E-state index >= 15 is 0 Å². The Bertz CT molecular complexity index is 861. The van der Waals surface area contributed by atoms with Crippen LogP contribution in [0.25, 0.3) is 0 Å². The molecule has 2 heterocycles. The fourth-order valence-corrected chi connectivity index (χ4v) is 2.67. The maximum absolute atomic E-state index is 13.3. The predicted octanol–water partition coefficient (Wildman–Crippen LogP) is 3.17. The number of aromatic nitrogens is 1. The second kappa shape index (κ2) is 10.0. The summed E-state index contributed by atoms with van der Waals surface area (Å²) < 4.78 is 39.6. The Balaban J connectivity index is 0.00000145. The molecule has 29 heavy (non-hydrogen) atoms. The Labute approximate surface area is 167 Å². The molecule has 0 bridgehead atoms. The summed E-state index contributed by atoms with van der Waals surface area (Å²) in [5.74, 6) is -5.67. The summed E-state index contributed by atoms with van der Waals surface area (Å²) in [5.41, 5.74) is -0.252. The molecule has 9 heteroatoms. The van der Waals surface area contributed by atoms with Gasteiger partial charge in [0, 0.05) is 31.7 Å². The monoisotopic (exact) mass is 408 g/mol. The normalized spacial score (nSPS) is 14.1. The smallest absolute Gasteiger partial charge is 0.272 e. The first-order chi connectivity index (χ1) is 13.8. The molecule has 1 aromatic heterocycles. The maximum atomic E-state index is 13.3. The van der Waals surface area contributed by atoms with Gasteiger partial charge in [-0.05, 0) is 31.3 Å². The van der Waals surface area contributed by atoms with Crippen LogP contribution in [-0.4, -0.2) is 59.8 Å². The van der Waals surface area contributed by atoms with Crippen LogP contribution < -0.4 is 5.32 Å². The van der Waals surface area contributed by atoms with E-state index in [1.807, 2.05) is 20.9 Å². The molecule has 2 amide bonds. The number of carbonyl (C=O) groups is 2. The van der Waals surface area contributed by atoms with Crippen molar-refractivity contribution in [3.05, 3.63) is 59.0 Å². The number of carbonyl (C=O) groups excluding carboxylic acids is 2. The molecule has 3 rings (SSSR count). The van der Waals surface area contributed by atoms with E-state index < -0.39 is 28.9 Å². The number of likely N-dealkylation sites (N-methyl/N-ethyl adjacent to an activating group) is 1. The van der Waals surface area contributed by atoms with Crippen molar-refractivity contribution >= 4 is 17.6 Å². The van der Waals surface area contributed by atoms with Gasteiger partial charge in [0.1, 0.15) is 11.5 Å². The Hall–Kier alpha value is -2.94. The van der Waals surface area contributed by atoms with Crippen LogP contribution in [0.2, 0.25) is 0 Å². The first kappa shape index (κ1) is 22.4. The molecule has 1 fully saturated rings. The van der Waals surface area contributed by atoms with E-state index in [1.54, 1.807) is 4.90 Å². The molecule has 0 unspecified atom stereocenters. The van der Waals surface area contributed by atoms with Crippen LogP contribution in [0.5, 0.6) is 0 Å². The molecule has 1 saturated heterocycles. The topological polar surface area (TPSA) is 65.5 Å². The molecule has 0 radical (unpaired) electrons. The highest BCUT2D eigenvalue weighted by molar-refractivity contribution is 6.04. The van der Waals surface area contributed by atoms with Gasteiger partial charge in [-0.15, -0.1) is 0 Å². The second-order valence-corrected chi connectivity index (χ2v) is 6.21. The maximum Gasteiger partial charge on any atom is 0.272 e. The third-order valence-corrected chi connectivity index (χ3v) is 4.25. The minimum absolute atomic E-state index is 0.0464. The van der Waals surface area contributed by atoms with Gasteiger partial charge in [0.05, 0.1) is 0 Å². The van der Waals surface area contributed by atoms with Gasteiger partial charge < -0.3 is 15.1 Å². The van der Waals surface area contributed by atoms with E-state index in [9.17, 15) is 22.8 Å². The fourth-order valence-electron chi connectivity index (χ4n) is 2.67. The van der Waals surface area contributed by atoms with E-state index in [2.05, 4.69) is 15.2 Å². The molecule has 0 aliphatic carbocycles. The van der Waals surface area contributed by atoms with Crippen molar-refractivity contribution in [3.8, 4) is 0 Å². The predicted molar refractivity (Wildman–Crippen MR) is 103 cm³/mol. The molecule has 1 aromatic carbocycles. The number of nitrogens with one attached hydrogen (secondary N) is 1. The number of piperazine rings is 1. The van der Waals surface area contributed by atoms with E-state index in [0.717, 1.165) is 13.1 Å². The second-order valence-electron chi connectivity index (χ2n) is 6.21. The van der Waals surface area contributed by atoms with Crippen molar-refractivity contribution in [2.75, 3.05) is 38.5 Å². The Morgan fingerprint density at radius 2 is 1.59 bits per heavy atom. The van der Waals surface area contributed by atoms with Crippen LogP contribution in [0.4, 0.5) is 19.0 Å². The Morgan fingerprint density at radius 1 is 1.00 bits per heavy atom. The van der Waals surface area contributed by atoms with Gasteiger partial charge in [0.15, 0.2) is 17.5 Å².